The highest BCUT2D eigenvalue weighted by atomic mass is 32.2. The molecule has 34 heavy (non-hydrogen) atoms. The first-order chi connectivity index (χ1) is 16.5. The lowest BCUT2D eigenvalue weighted by Crippen LogP contribution is -2.30. The van der Waals surface area contributed by atoms with E-state index in [1.54, 1.807) is 11.0 Å². The highest BCUT2D eigenvalue weighted by Crippen LogP contribution is 2.36. The third-order valence-electron chi connectivity index (χ3n) is 7.09. The van der Waals surface area contributed by atoms with Gasteiger partial charge in [0, 0.05) is 29.3 Å². The molecule has 2 aromatic carbocycles. The summed E-state index contributed by atoms with van der Waals surface area (Å²) in [7, 11) is 0. The molecule has 2 fully saturated rings. The molecule has 1 saturated heterocycles. The van der Waals surface area contributed by atoms with Crippen molar-refractivity contribution in [1.82, 2.24) is 9.47 Å². The molecule has 3 aromatic rings. The Labute approximate surface area is 210 Å². The van der Waals surface area contributed by atoms with Gasteiger partial charge < -0.3 is 4.57 Å². The van der Waals surface area contributed by atoms with Crippen molar-refractivity contribution >= 4 is 51.2 Å². The summed E-state index contributed by atoms with van der Waals surface area (Å²) in [5.74, 6) is 0.523. The quantitative estimate of drug-likeness (QED) is 0.258. The largest absolute Gasteiger partial charge is 0.342 e. The predicted octanol–water partition coefficient (Wildman–Crippen LogP) is 7.17. The highest BCUT2D eigenvalue weighted by Gasteiger charge is 2.32. The van der Waals surface area contributed by atoms with Crippen LogP contribution in [0, 0.1) is 11.7 Å². The lowest BCUT2D eigenvalue weighted by molar-refractivity contribution is -0.122. The van der Waals surface area contributed by atoms with Gasteiger partial charge in [-0.25, -0.2) is 4.39 Å². The van der Waals surface area contributed by atoms with Crippen LogP contribution in [-0.2, 0) is 17.8 Å². The monoisotopic (exact) mass is 492 g/mol. The zero-order valence-electron chi connectivity index (χ0n) is 19.4. The average molecular weight is 493 g/mol. The van der Waals surface area contributed by atoms with Crippen LogP contribution in [0.25, 0.3) is 17.0 Å². The second kappa shape index (κ2) is 10.0. The third-order valence-corrected chi connectivity index (χ3v) is 8.47. The molecule has 1 amide bonds. The molecule has 176 valence electrons. The van der Waals surface area contributed by atoms with E-state index in [2.05, 4.69) is 29.7 Å². The van der Waals surface area contributed by atoms with E-state index in [-0.39, 0.29) is 11.7 Å². The Balaban J connectivity index is 1.47. The summed E-state index contributed by atoms with van der Waals surface area (Å²) in [4.78, 5) is 15.7. The van der Waals surface area contributed by atoms with E-state index in [1.165, 1.54) is 49.1 Å². The minimum Gasteiger partial charge on any atom is -0.342 e. The summed E-state index contributed by atoms with van der Waals surface area (Å²) < 4.78 is 17.2. The third kappa shape index (κ3) is 4.58. The molecule has 0 spiro atoms. The number of halogens is 1. The second-order valence-corrected chi connectivity index (χ2v) is 10.9. The van der Waals surface area contributed by atoms with Gasteiger partial charge in [0.05, 0.1) is 17.0 Å². The van der Waals surface area contributed by atoms with E-state index in [0.29, 0.717) is 27.9 Å². The summed E-state index contributed by atoms with van der Waals surface area (Å²) in [6.07, 6.45) is 11.1. The van der Waals surface area contributed by atoms with Crippen LogP contribution in [-0.4, -0.2) is 26.2 Å². The summed E-state index contributed by atoms with van der Waals surface area (Å²) >= 11 is 6.97. The zero-order chi connectivity index (χ0) is 23.7. The minimum absolute atomic E-state index is 0.00893. The Morgan fingerprint density at radius 2 is 1.88 bits per heavy atom. The number of para-hydroxylation sites is 1. The van der Waals surface area contributed by atoms with Gasteiger partial charge in [-0.1, -0.05) is 93.0 Å². The summed E-state index contributed by atoms with van der Waals surface area (Å²) in [6.45, 7) is 3.28. The average Bonchev–Trinajstić information content (AvgIpc) is 3.54. The van der Waals surface area contributed by atoms with E-state index >= 15 is 0 Å². The van der Waals surface area contributed by atoms with E-state index in [1.807, 2.05) is 24.4 Å². The lowest BCUT2D eigenvalue weighted by atomic mass is 10.0. The maximum absolute atomic E-state index is 14.4. The maximum atomic E-state index is 14.4. The van der Waals surface area contributed by atoms with Gasteiger partial charge in [0.25, 0.3) is 5.91 Å². The molecule has 0 N–H and O–H groups in total. The molecule has 0 radical (unpaired) electrons. The molecular formula is C28H29FN2OS2. The summed E-state index contributed by atoms with van der Waals surface area (Å²) in [5.41, 5.74) is 3.92. The van der Waals surface area contributed by atoms with E-state index in [9.17, 15) is 9.18 Å². The molecule has 1 saturated carbocycles. The van der Waals surface area contributed by atoms with Gasteiger partial charge in [-0.05, 0) is 36.5 Å². The molecule has 2 aliphatic rings. The van der Waals surface area contributed by atoms with Gasteiger partial charge in [0.2, 0.25) is 0 Å². The fraction of sp³-hybridized carbons (Fsp3) is 0.357. The Bertz CT molecular complexity index is 1270. The fourth-order valence-corrected chi connectivity index (χ4v) is 6.54. The van der Waals surface area contributed by atoms with Crippen LogP contribution in [0.4, 0.5) is 4.39 Å². The van der Waals surface area contributed by atoms with Crippen LogP contribution in [0.15, 0.2) is 53.6 Å². The number of thiocarbonyl (C=S) groups is 1. The van der Waals surface area contributed by atoms with Crippen LogP contribution in [0.3, 0.4) is 0 Å². The van der Waals surface area contributed by atoms with Gasteiger partial charge >= 0.3 is 0 Å². The second-order valence-electron chi connectivity index (χ2n) is 9.24. The van der Waals surface area contributed by atoms with Crippen molar-refractivity contribution in [2.45, 2.75) is 52.0 Å². The Morgan fingerprint density at radius 1 is 1.12 bits per heavy atom. The summed E-state index contributed by atoms with van der Waals surface area (Å²) in [5, 5.41) is 1.08. The number of aromatic nitrogens is 1. The van der Waals surface area contributed by atoms with Crippen molar-refractivity contribution in [3.63, 3.8) is 0 Å². The zero-order valence-corrected chi connectivity index (χ0v) is 21.1. The number of aryl methyl sites for hydroxylation is 1. The van der Waals surface area contributed by atoms with E-state index in [4.69, 9.17) is 12.2 Å². The van der Waals surface area contributed by atoms with Gasteiger partial charge in [-0.2, -0.15) is 0 Å². The van der Waals surface area contributed by atoms with Crippen LogP contribution in [0.1, 0.15) is 55.7 Å². The van der Waals surface area contributed by atoms with Gasteiger partial charge in [0.1, 0.15) is 10.1 Å². The van der Waals surface area contributed by atoms with Gasteiger partial charge in [-0.3, -0.25) is 9.69 Å². The highest BCUT2D eigenvalue weighted by molar-refractivity contribution is 8.26. The fourth-order valence-electron chi connectivity index (χ4n) is 5.25. The molecular weight excluding hydrogens is 463 g/mol. The molecule has 0 unspecified atom stereocenters. The number of thioether (sulfide) groups is 1. The number of carbonyl (C=O) groups is 1. The van der Waals surface area contributed by atoms with Crippen molar-refractivity contribution in [3.05, 3.63) is 76.1 Å². The van der Waals surface area contributed by atoms with Crippen LogP contribution < -0.4 is 0 Å². The molecule has 1 aromatic heterocycles. The van der Waals surface area contributed by atoms with Crippen LogP contribution in [0.5, 0.6) is 0 Å². The Morgan fingerprint density at radius 3 is 2.65 bits per heavy atom. The molecule has 3 nitrogen and oxygen atoms in total. The van der Waals surface area contributed by atoms with Crippen molar-refractivity contribution in [2.75, 3.05) is 6.54 Å². The molecule has 2 heterocycles. The van der Waals surface area contributed by atoms with E-state index < -0.39 is 0 Å². The van der Waals surface area contributed by atoms with Crippen LogP contribution >= 0.6 is 24.0 Å². The van der Waals surface area contributed by atoms with Crippen molar-refractivity contribution in [2.24, 2.45) is 5.92 Å². The molecule has 1 aliphatic heterocycles. The standard InChI is InChI=1S/C28H29FN2OS2/c1-2-20-11-7-12-23-22(18-30(26(20)23)17-21-10-5-6-13-24(21)29)16-25-27(32)31(28(33)34-25)15-14-19-8-3-4-9-19/h5-7,10-13,16,18-19H,2-4,8-9,14-15,17H2,1H3/b25-16-. The SMILES string of the molecule is CCc1cccc2c(/C=C3\SC(=S)N(CCC4CCCC4)C3=O)cn(Cc3ccccc3F)c12. The number of hydrogen-bond donors (Lipinski definition) is 0. The van der Waals surface area contributed by atoms with Gasteiger partial charge in [0.15, 0.2) is 0 Å². The normalized spacial score (nSPS) is 18.2. The molecule has 0 atom stereocenters. The minimum atomic E-state index is -0.206. The van der Waals surface area contributed by atoms with Crippen LogP contribution in [0.2, 0.25) is 0 Å². The first-order valence-electron chi connectivity index (χ1n) is 12.1. The predicted molar refractivity (Wildman–Crippen MR) is 143 cm³/mol. The van der Waals surface area contributed by atoms with Gasteiger partial charge in [-0.15, -0.1) is 0 Å². The smallest absolute Gasteiger partial charge is 0.266 e. The number of rotatable bonds is 7. The number of carbonyl (C=O) groups excluding carboxylic acids is 1. The number of amides is 1. The molecule has 6 heteroatoms. The Kier molecular flexibility index (Phi) is 6.89. The maximum Gasteiger partial charge on any atom is 0.266 e. The van der Waals surface area contributed by atoms with Crippen molar-refractivity contribution in [1.29, 1.82) is 0 Å². The number of benzene rings is 2. The lowest BCUT2D eigenvalue weighted by Gasteiger charge is -2.17. The van der Waals surface area contributed by atoms with E-state index in [0.717, 1.165) is 35.2 Å². The molecule has 1 aliphatic carbocycles. The van der Waals surface area contributed by atoms with Crippen molar-refractivity contribution < 1.29 is 9.18 Å². The van der Waals surface area contributed by atoms with Crippen molar-refractivity contribution in [3.8, 4) is 0 Å². The topological polar surface area (TPSA) is 25.2 Å². The number of hydrogen-bond acceptors (Lipinski definition) is 3. The Hall–Kier alpha value is -2.44. The summed E-state index contributed by atoms with van der Waals surface area (Å²) in [6, 6.07) is 13.2. The first-order valence-corrected chi connectivity index (χ1v) is 13.4. The number of nitrogens with zero attached hydrogens (tertiary/aromatic N) is 2. The molecule has 0 bridgehead atoms. The first kappa shape index (κ1) is 23.3. The number of fused-ring (bicyclic) bond motifs is 1. The molecule has 5 rings (SSSR count).